The van der Waals surface area contributed by atoms with Gasteiger partial charge in [-0.1, -0.05) is 23.2 Å². The molecule has 0 saturated carbocycles. The lowest BCUT2D eigenvalue weighted by Gasteiger charge is -2.16. The van der Waals surface area contributed by atoms with Crippen LogP contribution in [0, 0.1) is 6.92 Å². The van der Waals surface area contributed by atoms with Gasteiger partial charge in [0.2, 0.25) is 0 Å². The summed E-state index contributed by atoms with van der Waals surface area (Å²) in [5.41, 5.74) is 1.92. The molecule has 1 aliphatic heterocycles. The molecule has 1 amide bonds. The predicted octanol–water partition coefficient (Wildman–Crippen LogP) is 4.30. The first-order chi connectivity index (χ1) is 11.5. The zero-order chi connectivity index (χ0) is 17.3. The summed E-state index contributed by atoms with van der Waals surface area (Å²) in [6.07, 6.45) is 0.600. The highest BCUT2D eigenvalue weighted by Gasteiger charge is 2.35. The molecule has 0 unspecified atom stereocenters. The van der Waals surface area contributed by atoms with Crippen molar-refractivity contribution in [1.82, 2.24) is 0 Å². The van der Waals surface area contributed by atoms with Gasteiger partial charge >= 0.3 is 0 Å². The average Bonchev–Trinajstić information content (AvgIpc) is 2.79. The minimum Gasteiger partial charge on any atom is -0.494 e. The minimum atomic E-state index is -0.519. The van der Waals surface area contributed by atoms with E-state index in [9.17, 15) is 9.59 Å². The molecule has 0 saturated heterocycles. The Kier molecular flexibility index (Phi) is 4.78. The number of anilines is 1. The minimum absolute atomic E-state index is 0.363. The molecule has 0 atom stereocenters. The fraction of sp³-hybridized carbons (Fsp3) is 0.222. The van der Waals surface area contributed by atoms with Crippen molar-refractivity contribution in [2.24, 2.45) is 0 Å². The summed E-state index contributed by atoms with van der Waals surface area (Å²) in [6.45, 7) is 2.75. The Labute approximate surface area is 149 Å². The number of rotatable bonds is 5. The Hall–Kier alpha value is -2.04. The van der Waals surface area contributed by atoms with Crippen LogP contribution < -0.4 is 9.64 Å². The van der Waals surface area contributed by atoms with Crippen LogP contribution in [0.2, 0.25) is 10.0 Å². The van der Waals surface area contributed by atoms with Gasteiger partial charge < -0.3 is 9.64 Å². The Morgan fingerprint density at radius 1 is 1.08 bits per heavy atom. The molecule has 4 nitrogen and oxygen atoms in total. The van der Waals surface area contributed by atoms with Crippen LogP contribution in [0.4, 0.5) is 5.69 Å². The largest absolute Gasteiger partial charge is 0.494 e. The number of carbonyl (C=O) groups excluding carboxylic acids is 2. The lowest BCUT2D eigenvalue weighted by atomic mass is 10.1. The van der Waals surface area contributed by atoms with Gasteiger partial charge in [0, 0.05) is 16.6 Å². The molecule has 124 valence electrons. The molecule has 3 rings (SSSR count). The highest BCUT2D eigenvalue weighted by Crippen LogP contribution is 2.31. The number of fused-ring (bicyclic) bond motifs is 1. The van der Waals surface area contributed by atoms with E-state index in [1.807, 2.05) is 13.0 Å². The molecular formula is C18H15Cl2NO3. The monoisotopic (exact) mass is 363 g/mol. The molecule has 2 aromatic carbocycles. The maximum absolute atomic E-state index is 12.1. The standard InChI is InChI=1S/C18H15Cl2NO3/c1-11-9-13(4-5-15(11)20)24-8-2-7-21-16-6-3-12(19)10-14(16)17(22)18(21)23/h3-6,9-10H,2,7-8H2,1H3. The van der Waals surface area contributed by atoms with Crippen LogP contribution >= 0.6 is 23.2 Å². The Balaban J connectivity index is 1.60. The van der Waals surface area contributed by atoms with Crippen LogP contribution in [-0.2, 0) is 4.79 Å². The first-order valence-corrected chi connectivity index (χ1v) is 8.27. The molecule has 6 heteroatoms. The van der Waals surface area contributed by atoms with Crippen LogP contribution in [0.25, 0.3) is 0 Å². The van der Waals surface area contributed by atoms with Crippen molar-refractivity contribution in [3.05, 3.63) is 57.6 Å². The van der Waals surface area contributed by atoms with Gasteiger partial charge in [-0.3, -0.25) is 9.59 Å². The zero-order valence-electron chi connectivity index (χ0n) is 13.0. The smallest absolute Gasteiger partial charge is 0.299 e. The molecule has 0 aromatic heterocycles. The third-order valence-corrected chi connectivity index (χ3v) is 4.52. The fourth-order valence-corrected chi connectivity index (χ4v) is 2.90. The molecule has 0 radical (unpaired) electrons. The summed E-state index contributed by atoms with van der Waals surface area (Å²) >= 11 is 11.9. The number of hydrogen-bond acceptors (Lipinski definition) is 3. The van der Waals surface area contributed by atoms with E-state index >= 15 is 0 Å². The SMILES string of the molecule is Cc1cc(OCCCN2C(=O)C(=O)c3cc(Cl)ccc32)ccc1Cl. The fourth-order valence-electron chi connectivity index (χ4n) is 2.61. The number of aryl methyl sites for hydroxylation is 1. The van der Waals surface area contributed by atoms with Crippen molar-refractivity contribution in [3.63, 3.8) is 0 Å². The van der Waals surface area contributed by atoms with Gasteiger partial charge in [0.1, 0.15) is 5.75 Å². The number of Topliss-reactive ketones (excluding diaryl/α,β-unsaturated/α-hetero) is 1. The summed E-state index contributed by atoms with van der Waals surface area (Å²) in [5, 5.41) is 1.14. The Morgan fingerprint density at radius 2 is 1.88 bits per heavy atom. The highest BCUT2D eigenvalue weighted by molar-refractivity contribution is 6.52. The predicted molar refractivity (Wildman–Crippen MR) is 94.4 cm³/mol. The number of hydrogen-bond donors (Lipinski definition) is 0. The number of carbonyl (C=O) groups is 2. The number of halogens is 2. The molecule has 0 bridgehead atoms. The molecule has 0 N–H and O–H groups in total. The number of ether oxygens (including phenoxy) is 1. The van der Waals surface area contributed by atoms with Crippen LogP contribution in [-0.4, -0.2) is 24.8 Å². The zero-order valence-corrected chi connectivity index (χ0v) is 14.5. The third kappa shape index (κ3) is 3.25. The van der Waals surface area contributed by atoms with Crippen LogP contribution in [0.5, 0.6) is 5.75 Å². The summed E-state index contributed by atoms with van der Waals surface area (Å²) < 4.78 is 5.67. The number of amides is 1. The molecule has 1 aliphatic rings. The van der Waals surface area contributed by atoms with Crippen LogP contribution in [0.3, 0.4) is 0 Å². The lowest BCUT2D eigenvalue weighted by Crippen LogP contribution is -2.31. The van der Waals surface area contributed by atoms with E-state index in [0.29, 0.717) is 40.9 Å². The van der Waals surface area contributed by atoms with Gasteiger partial charge in [0.25, 0.3) is 11.7 Å². The van der Waals surface area contributed by atoms with E-state index in [2.05, 4.69) is 0 Å². The summed E-state index contributed by atoms with van der Waals surface area (Å²) in [6, 6.07) is 10.4. The maximum atomic E-state index is 12.1. The van der Waals surface area contributed by atoms with Gasteiger partial charge in [0.15, 0.2) is 0 Å². The van der Waals surface area contributed by atoms with Crippen molar-refractivity contribution in [2.45, 2.75) is 13.3 Å². The average molecular weight is 364 g/mol. The molecular weight excluding hydrogens is 349 g/mol. The van der Waals surface area contributed by atoms with Crippen LogP contribution in [0.15, 0.2) is 36.4 Å². The van der Waals surface area contributed by atoms with Gasteiger partial charge in [-0.15, -0.1) is 0 Å². The van der Waals surface area contributed by atoms with E-state index in [0.717, 1.165) is 11.3 Å². The molecule has 24 heavy (non-hydrogen) atoms. The molecule has 2 aromatic rings. The van der Waals surface area contributed by atoms with Crippen molar-refractivity contribution in [3.8, 4) is 5.75 Å². The topological polar surface area (TPSA) is 46.6 Å². The molecule has 1 heterocycles. The number of ketones is 1. The lowest BCUT2D eigenvalue weighted by molar-refractivity contribution is -0.114. The second kappa shape index (κ2) is 6.83. The highest BCUT2D eigenvalue weighted by atomic mass is 35.5. The number of nitrogens with zero attached hydrogens (tertiary/aromatic N) is 1. The summed E-state index contributed by atoms with van der Waals surface area (Å²) in [5.74, 6) is -0.302. The van der Waals surface area contributed by atoms with Gasteiger partial charge in [-0.05, 0) is 55.3 Å². The normalized spacial score (nSPS) is 13.4. The maximum Gasteiger partial charge on any atom is 0.299 e. The van der Waals surface area contributed by atoms with Crippen molar-refractivity contribution >= 4 is 40.6 Å². The second-order valence-corrected chi connectivity index (χ2v) is 6.40. The Morgan fingerprint density at radius 3 is 2.62 bits per heavy atom. The van der Waals surface area contributed by atoms with Gasteiger partial charge in [0.05, 0.1) is 17.9 Å². The number of benzene rings is 2. The van der Waals surface area contributed by atoms with Gasteiger partial charge in [-0.2, -0.15) is 0 Å². The van der Waals surface area contributed by atoms with Crippen molar-refractivity contribution in [1.29, 1.82) is 0 Å². The first kappa shape index (κ1) is 16.8. The first-order valence-electron chi connectivity index (χ1n) is 7.52. The van der Waals surface area contributed by atoms with E-state index in [-0.39, 0.29) is 0 Å². The van der Waals surface area contributed by atoms with E-state index < -0.39 is 11.7 Å². The second-order valence-electron chi connectivity index (χ2n) is 5.56. The Bertz CT molecular complexity index is 820. The quantitative estimate of drug-likeness (QED) is 0.587. The molecule has 0 aliphatic carbocycles. The molecule has 0 fully saturated rings. The molecule has 0 spiro atoms. The summed E-state index contributed by atoms with van der Waals surface area (Å²) in [4.78, 5) is 25.6. The van der Waals surface area contributed by atoms with Crippen LogP contribution in [0.1, 0.15) is 22.3 Å². The van der Waals surface area contributed by atoms with E-state index in [4.69, 9.17) is 27.9 Å². The van der Waals surface area contributed by atoms with Crippen molar-refractivity contribution < 1.29 is 14.3 Å². The third-order valence-electron chi connectivity index (χ3n) is 3.86. The summed E-state index contributed by atoms with van der Waals surface area (Å²) in [7, 11) is 0. The van der Waals surface area contributed by atoms with E-state index in [1.54, 1.807) is 24.3 Å². The van der Waals surface area contributed by atoms with Gasteiger partial charge in [-0.25, -0.2) is 0 Å². The van der Waals surface area contributed by atoms with E-state index in [1.165, 1.54) is 11.0 Å². The van der Waals surface area contributed by atoms with Crippen molar-refractivity contribution in [2.75, 3.05) is 18.1 Å².